The molecule has 6 heteroatoms. The third-order valence-corrected chi connectivity index (χ3v) is 4.73. The van der Waals surface area contributed by atoms with E-state index in [4.69, 9.17) is 5.11 Å². The molecule has 0 fully saturated rings. The van der Waals surface area contributed by atoms with E-state index in [-0.39, 0.29) is 6.61 Å². The summed E-state index contributed by atoms with van der Waals surface area (Å²) in [5.41, 5.74) is 5.68. The topological polar surface area (TPSA) is 67.9 Å². The van der Waals surface area contributed by atoms with Gasteiger partial charge >= 0.3 is 0 Å². The van der Waals surface area contributed by atoms with Crippen molar-refractivity contribution in [3.63, 3.8) is 0 Å². The number of aryl methyl sites for hydroxylation is 3. The normalized spacial score (nSPS) is 11.5. The number of nitrogens with one attached hydrogen (secondary N) is 1. The standard InChI is InChI=1S/C19H27N5O/c1-14-17(15(2)24(22-14)11-12-25)13-20-9-6-10-23-16(3)21-18-7-4-5-8-19(18)23/h4-5,7-8,20,25H,6,9-13H2,1-3H3. The number of hydrogen-bond donors (Lipinski definition) is 2. The number of fused-ring (bicyclic) bond motifs is 1. The van der Waals surface area contributed by atoms with Crippen molar-refractivity contribution in [2.24, 2.45) is 0 Å². The Balaban J connectivity index is 1.53. The van der Waals surface area contributed by atoms with Gasteiger partial charge in [0, 0.05) is 24.3 Å². The van der Waals surface area contributed by atoms with Crippen molar-refractivity contribution in [2.75, 3.05) is 13.2 Å². The lowest BCUT2D eigenvalue weighted by atomic mass is 10.2. The van der Waals surface area contributed by atoms with E-state index in [1.165, 1.54) is 11.1 Å². The first kappa shape index (κ1) is 17.6. The summed E-state index contributed by atoms with van der Waals surface area (Å²) in [5, 5.41) is 17.1. The highest BCUT2D eigenvalue weighted by atomic mass is 16.3. The van der Waals surface area contributed by atoms with Crippen molar-refractivity contribution in [3.05, 3.63) is 47.0 Å². The van der Waals surface area contributed by atoms with E-state index >= 15 is 0 Å². The largest absolute Gasteiger partial charge is 0.394 e. The van der Waals surface area contributed by atoms with Crippen molar-refractivity contribution in [2.45, 2.75) is 46.8 Å². The molecule has 2 heterocycles. The van der Waals surface area contributed by atoms with Gasteiger partial charge < -0.3 is 15.0 Å². The van der Waals surface area contributed by atoms with Crippen LogP contribution in [0.3, 0.4) is 0 Å². The quantitative estimate of drug-likeness (QED) is 0.617. The Morgan fingerprint density at radius 3 is 2.72 bits per heavy atom. The van der Waals surface area contributed by atoms with E-state index in [0.29, 0.717) is 6.54 Å². The van der Waals surface area contributed by atoms with Gasteiger partial charge in [-0.1, -0.05) is 12.1 Å². The number of nitrogens with zero attached hydrogens (tertiary/aromatic N) is 4. The van der Waals surface area contributed by atoms with Crippen LogP contribution >= 0.6 is 0 Å². The number of hydrogen-bond acceptors (Lipinski definition) is 4. The van der Waals surface area contributed by atoms with Crippen molar-refractivity contribution < 1.29 is 5.11 Å². The monoisotopic (exact) mass is 341 g/mol. The first-order chi connectivity index (χ1) is 12.1. The fourth-order valence-corrected chi connectivity index (χ4v) is 3.36. The Morgan fingerprint density at radius 1 is 1.12 bits per heavy atom. The number of aliphatic hydroxyl groups is 1. The molecule has 0 aliphatic rings. The molecule has 3 aromatic rings. The Morgan fingerprint density at radius 2 is 1.92 bits per heavy atom. The van der Waals surface area contributed by atoms with Crippen molar-refractivity contribution in [1.29, 1.82) is 0 Å². The number of aliphatic hydroxyl groups excluding tert-OH is 1. The molecule has 0 bridgehead atoms. The van der Waals surface area contributed by atoms with Gasteiger partial charge in [-0.2, -0.15) is 5.10 Å². The van der Waals surface area contributed by atoms with Gasteiger partial charge in [-0.3, -0.25) is 4.68 Å². The molecule has 3 rings (SSSR count). The molecule has 1 aromatic carbocycles. The zero-order chi connectivity index (χ0) is 17.8. The van der Waals surface area contributed by atoms with Crippen LogP contribution in [-0.4, -0.2) is 37.6 Å². The number of benzene rings is 1. The lowest BCUT2D eigenvalue weighted by molar-refractivity contribution is 0.267. The molecule has 0 atom stereocenters. The highest BCUT2D eigenvalue weighted by Crippen LogP contribution is 2.16. The Bertz CT molecular complexity index is 849. The summed E-state index contributed by atoms with van der Waals surface area (Å²) in [6, 6.07) is 8.29. The van der Waals surface area contributed by atoms with Crippen LogP contribution in [0.25, 0.3) is 11.0 Å². The third kappa shape index (κ3) is 3.75. The highest BCUT2D eigenvalue weighted by Gasteiger charge is 2.11. The zero-order valence-electron chi connectivity index (χ0n) is 15.3. The van der Waals surface area contributed by atoms with Gasteiger partial charge in [0.05, 0.1) is 29.9 Å². The maximum absolute atomic E-state index is 9.09. The van der Waals surface area contributed by atoms with Crippen LogP contribution in [-0.2, 0) is 19.6 Å². The van der Waals surface area contributed by atoms with Crippen LogP contribution in [0.15, 0.2) is 24.3 Å². The van der Waals surface area contributed by atoms with E-state index in [2.05, 4.69) is 52.0 Å². The summed E-state index contributed by atoms with van der Waals surface area (Å²) in [4.78, 5) is 4.61. The first-order valence-corrected chi connectivity index (χ1v) is 8.88. The lowest BCUT2D eigenvalue weighted by Crippen LogP contribution is -2.18. The molecule has 0 saturated heterocycles. The lowest BCUT2D eigenvalue weighted by Gasteiger charge is -2.09. The predicted molar refractivity (Wildman–Crippen MR) is 99.6 cm³/mol. The molecule has 2 aromatic heterocycles. The molecule has 0 amide bonds. The summed E-state index contributed by atoms with van der Waals surface area (Å²) in [7, 11) is 0. The molecule has 0 saturated carbocycles. The van der Waals surface area contributed by atoms with E-state index < -0.39 is 0 Å². The van der Waals surface area contributed by atoms with Gasteiger partial charge in [-0.05, 0) is 45.9 Å². The highest BCUT2D eigenvalue weighted by molar-refractivity contribution is 5.75. The molecule has 0 aliphatic heterocycles. The number of rotatable bonds is 8. The Labute approximate surface area is 148 Å². The second kappa shape index (κ2) is 7.80. The van der Waals surface area contributed by atoms with Crippen molar-refractivity contribution >= 4 is 11.0 Å². The van der Waals surface area contributed by atoms with Gasteiger partial charge in [0.15, 0.2) is 0 Å². The number of aromatic nitrogens is 4. The average molecular weight is 341 g/mol. The predicted octanol–water partition coefficient (Wildman–Crippen LogP) is 2.33. The minimum Gasteiger partial charge on any atom is -0.394 e. The Kier molecular flexibility index (Phi) is 5.50. The molecule has 134 valence electrons. The van der Waals surface area contributed by atoms with E-state index in [9.17, 15) is 0 Å². The SMILES string of the molecule is Cc1nn(CCO)c(C)c1CNCCCn1c(C)nc2ccccc21. The van der Waals surface area contributed by atoms with Gasteiger partial charge in [-0.25, -0.2) is 4.98 Å². The molecule has 0 unspecified atom stereocenters. The fraction of sp³-hybridized carbons (Fsp3) is 0.474. The summed E-state index contributed by atoms with van der Waals surface area (Å²) >= 11 is 0. The molecule has 6 nitrogen and oxygen atoms in total. The second-order valence-electron chi connectivity index (χ2n) is 6.43. The van der Waals surface area contributed by atoms with Crippen LogP contribution in [0.1, 0.15) is 29.2 Å². The molecule has 2 N–H and O–H groups in total. The summed E-state index contributed by atoms with van der Waals surface area (Å²) in [6.07, 6.45) is 1.05. The second-order valence-corrected chi connectivity index (χ2v) is 6.43. The summed E-state index contributed by atoms with van der Waals surface area (Å²) in [6.45, 7) is 9.54. The summed E-state index contributed by atoms with van der Waals surface area (Å²) in [5.74, 6) is 1.07. The van der Waals surface area contributed by atoms with Gasteiger partial charge in [-0.15, -0.1) is 0 Å². The molecule has 0 spiro atoms. The fourth-order valence-electron chi connectivity index (χ4n) is 3.36. The molecule has 0 aliphatic carbocycles. The van der Waals surface area contributed by atoms with Crippen LogP contribution in [0.5, 0.6) is 0 Å². The Hall–Kier alpha value is -2.18. The maximum atomic E-state index is 9.09. The van der Waals surface area contributed by atoms with Gasteiger partial charge in [0.25, 0.3) is 0 Å². The van der Waals surface area contributed by atoms with Gasteiger partial charge in [0.1, 0.15) is 5.82 Å². The molecule has 25 heavy (non-hydrogen) atoms. The van der Waals surface area contributed by atoms with E-state index in [1.54, 1.807) is 0 Å². The van der Waals surface area contributed by atoms with Crippen LogP contribution in [0.2, 0.25) is 0 Å². The molecular formula is C19H27N5O. The van der Waals surface area contributed by atoms with Gasteiger partial charge in [0.2, 0.25) is 0 Å². The first-order valence-electron chi connectivity index (χ1n) is 8.88. The minimum absolute atomic E-state index is 0.118. The van der Waals surface area contributed by atoms with Crippen LogP contribution in [0, 0.1) is 20.8 Å². The number of para-hydroxylation sites is 2. The number of imidazole rings is 1. The van der Waals surface area contributed by atoms with E-state index in [1.807, 2.05) is 17.7 Å². The minimum atomic E-state index is 0.118. The molecular weight excluding hydrogens is 314 g/mol. The zero-order valence-corrected chi connectivity index (χ0v) is 15.3. The maximum Gasteiger partial charge on any atom is 0.106 e. The van der Waals surface area contributed by atoms with Crippen molar-refractivity contribution in [1.82, 2.24) is 24.6 Å². The smallest absolute Gasteiger partial charge is 0.106 e. The van der Waals surface area contributed by atoms with E-state index in [0.717, 1.165) is 48.8 Å². The van der Waals surface area contributed by atoms with Crippen LogP contribution < -0.4 is 5.32 Å². The molecule has 0 radical (unpaired) electrons. The van der Waals surface area contributed by atoms with Crippen molar-refractivity contribution in [3.8, 4) is 0 Å². The summed E-state index contributed by atoms with van der Waals surface area (Å²) < 4.78 is 4.17. The van der Waals surface area contributed by atoms with Crippen LogP contribution in [0.4, 0.5) is 0 Å². The third-order valence-electron chi connectivity index (χ3n) is 4.73. The average Bonchev–Trinajstić information content (AvgIpc) is 3.05.